The average Bonchev–Trinajstić information content (AvgIpc) is 3.23. The molecule has 0 aromatic heterocycles. The number of thioether (sulfide) groups is 1. The highest BCUT2D eigenvalue weighted by molar-refractivity contribution is 8.00. The van der Waals surface area contributed by atoms with Gasteiger partial charge in [-0.05, 0) is 42.3 Å². The molecule has 0 saturated carbocycles. The van der Waals surface area contributed by atoms with Gasteiger partial charge < -0.3 is 25.8 Å². The molecule has 4 N–H and O–H groups in total. The van der Waals surface area contributed by atoms with Crippen molar-refractivity contribution in [1.82, 2.24) is 4.90 Å². The van der Waals surface area contributed by atoms with E-state index in [2.05, 4.69) is 10.1 Å². The number of rotatable bonds is 7. The second-order valence-electron chi connectivity index (χ2n) is 7.22. The molecule has 0 radical (unpaired) electrons. The Morgan fingerprint density at radius 3 is 2.48 bits per heavy atom. The quantitative estimate of drug-likeness (QED) is 0.314. The first-order valence-corrected chi connectivity index (χ1v) is 10.8. The number of nitrogens with zero attached hydrogens (tertiary/aromatic N) is 1. The van der Waals surface area contributed by atoms with Crippen LogP contribution in [0, 0.1) is 17.5 Å². The van der Waals surface area contributed by atoms with E-state index in [1.165, 1.54) is 40.9 Å². The predicted molar refractivity (Wildman–Crippen MR) is 114 cm³/mol. The summed E-state index contributed by atoms with van der Waals surface area (Å²) in [6.07, 6.45) is -1.87. The van der Waals surface area contributed by atoms with Crippen LogP contribution in [0.25, 0.3) is 0 Å². The van der Waals surface area contributed by atoms with Crippen LogP contribution < -0.4 is 15.8 Å². The molecule has 1 unspecified atom stereocenters. The van der Waals surface area contributed by atoms with Crippen LogP contribution in [-0.4, -0.2) is 51.7 Å². The first kappa shape index (κ1) is 24.4. The molecular weight excluding hydrogens is 463 g/mol. The van der Waals surface area contributed by atoms with Gasteiger partial charge in [0.2, 0.25) is 5.91 Å². The second kappa shape index (κ2) is 10.6. The minimum Gasteiger partial charge on any atom is -0.449 e. The first-order chi connectivity index (χ1) is 15.6. The number of amides is 2. The van der Waals surface area contributed by atoms with Crippen molar-refractivity contribution in [2.24, 2.45) is 5.73 Å². The minimum atomic E-state index is -1.46. The molecule has 1 fully saturated rings. The Hall–Kier alpha value is -3.25. The van der Waals surface area contributed by atoms with Crippen LogP contribution in [-0.2, 0) is 16.0 Å². The molecule has 12 heteroatoms. The van der Waals surface area contributed by atoms with E-state index >= 15 is 0 Å². The van der Waals surface area contributed by atoms with E-state index in [1.807, 2.05) is 0 Å². The van der Waals surface area contributed by atoms with Gasteiger partial charge in [0.25, 0.3) is 5.91 Å². The highest BCUT2D eigenvalue weighted by atomic mass is 32.2. The van der Waals surface area contributed by atoms with Crippen molar-refractivity contribution in [2.45, 2.75) is 24.3 Å². The number of hydrogen-bond donors (Lipinski definition) is 3. The lowest BCUT2D eigenvalue weighted by Gasteiger charge is -2.24. The van der Waals surface area contributed by atoms with Gasteiger partial charge in [0, 0.05) is 36.5 Å². The molecule has 1 heterocycles. The lowest BCUT2D eigenvalue weighted by Crippen LogP contribution is -2.44. The summed E-state index contributed by atoms with van der Waals surface area (Å²) in [4.78, 5) is 37.3. The lowest BCUT2D eigenvalue weighted by molar-refractivity contribution is -0.135. The number of carbonyl (C=O) groups excluding carboxylic acids is 2. The number of anilines is 1. The fourth-order valence-corrected chi connectivity index (χ4v) is 4.41. The van der Waals surface area contributed by atoms with Gasteiger partial charge in [0.1, 0.15) is 11.6 Å². The molecule has 0 bridgehead atoms. The fourth-order valence-electron chi connectivity index (χ4n) is 3.27. The summed E-state index contributed by atoms with van der Waals surface area (Å²) in [5, 5.41) is 10.4. The van der Waals surface area contributed by atoms with E-state index in [4.69, 9.17) is 10.8 Å². The monoisotopic (exact) mass is 483 g/mol. The van der Waals surface area contributed by atoms with E-state index in [-0.39, 0.29) is 24.2 Å². The van der Waals surface area contributed by atoms with Gasteiger partial charge in [0.15, 0.2) is 17.0 Å². The maximum absolute atomic E-state index is 13.8. The van der Waals surface area contributed by atoms with Gasteiger partial charge in [-0.1, -0.05) is 0 Å². The van der Waals surface area contributed by atoms with Crippen molar-refractivity contribution >= 4 is 35.4 Å². The molecule has 176 valence electrons. The van der Waals surface area contributed by atoms with E-state index < -0.39 is 46.8 Å². The third kappa shape index (κ3) is 6.39. The van der Waals surface area contributed by atoms with E-state index in [9.17, 15) is 27.6 Å². The van der Waals surface area contributed by atoms with Gasteiger partial charge in [-0.2, -0.15) is 0 Å². The third-order valence-electron chi connectivity index (χ3n) is 4.77. The van der Waals surface area contributed by atoms with Crippen LogP contribution in [0.2, 0.25) is 0 Å². The zero-order valence-electron chi connectivity index (χ0n) is 17.1. The summed E-state index contributed by atoms with van der Waals surface area (Å²) in [7, 11) is 0. The van der Waals surface area contributed by atoms with Crippen LogP contribution in [0.15, 0.2) is 36.4 Å². The number of hydrogen-bond acceptors (Lipinski definition) is 6. The summed E-state index contributed by atoms with van der Waals surface area (Å²) >= 11 is 1.25. The Morgan fingerprint density at radius 1 is 1.15 bits per heavy atom. The van der Waals surface area contributed by atoms with E-state index in [0.717, 1.165) is 0 Å². The van der Waals surface area contributed by atoms with Gasteiger partial charge in [-0.3, -0.25) is 9.59 Å². The Morgan fingerprint density at radius 2 is 1.82 bits per heavy atom. The highest BCUT2D eigenvalue weighted by Gasteiger charge is 2.35. The smallest absolute Gasteiger partial charge is 0.449 e. The van der Waals surface area contributed by atoms with Gasteiger partial charge in [-0.15, -0.1) is 11.8 Å². The molecule has 2 aromatic rings. The summed E-state index contributed by atoms with van der Waals surface area (Å²) < 4.78 is 44.8. The number of nitrogens with two attached hydrogens (primary N) is 1. The molecule has 1 aliphatic rings. The zero-order chi connectivity index (χ0) is 24.1. The highest BCUT2D eigenvalue weighted by Crippen LogP contribution is 2.27. The molecule has 33 heavy (non-hydrogen) atoms. The molecule has 2 atom stereocenters. The van der Waals surface area contributed by atoms with Gasteiger partial charge in [-0.25, -0.2) is 18.0 Å². The van der Waals surface area contributed by atoms with Crippen molar-refractivity contribution in [3.8, 4) is 5.75 Å². The van der Waals surface area contributed by atoms with Gasteiger partial charge >= 0.3 is 6.16 Å². The van der Waals surface area contributed by atoms with Crippen LogP contribution in [0.1, 0.15) is 12.0 Å². The normalized spacial score (nSPS) is 16.4. The number of nitrogens with one attached hydrogen (secondary N) is 1. The number of benzene rings is 2. The zero-order valence-corrected chi connectivity index (χ0v) is 17.9. The first-order valence-electron chi connectivity index (χ1n) is 9.76. The van der Waals surface area contributed by atoms with Gasteiger partial charge in [0.05, 0.1) is 0 Å². The third-order valence-corrected chi connectivity index (χ3v) is 5.97. The Labute approximate surface area is 190 Å². The standard InChI is InChI=1S/C21H20F3N3O5S/c22-15-10-17(24)16(23)8-11(15)7-12(25)9-18(28)27-5-6-33-20(27)19(29)26-13-1-3-14(4-2-13)32-21(30)31/h1-4,8,10,12,20H,5-7,9,25H2,(H,26,29)(H,30,31)/t12-,20?/m1/s1. The lowest BCUT2D eigenvalue weighted by atomic mass is 10.0. The molecule has 3 rings (SSSR count). The SMILES string of the molecule is N[C@@H](CC(=O)N1CCSC1C(=O)Nc1ccc(OC(=O)O)cc1)Cc1cc(F)c(F)cc1F. The summed E-state index contributed by atoms with van der Waals surface area (Å²) in [5.41, 5.74) is 6.17. The van der Waals surface area contributed by atoms with Crippen molar-refractivity contribution in [3.05, 3.63) is 59.4 Å². The van der Waals surface area contributed by atoms with Crippen LogP contribution in [0.3, 0.4) is 0 Å². The van der Waals surface area contributed by atoms with Crippen LogP contribution in [0.4, 0.5) is 23.7 Å². The second-order valence-corrected chi connectivity index (χ2v) is 8.41. The minimum absolute atomic E-state index is 0.0824. The topological polar surface area (TPSA) is 122 Å². The summed E-state index contributed by atoms with van der Waals surface area (Å²) in [5.74, 6) is -3.76. The molecule has 1 aliphatic heterocycles. The Balaban J connectivity index is 1.58. The summed E-state index contributed by atoms with van der Waals surface area (Å²) in [6.45, 7) is 0.305. The van der Waals surface area contributed by atoms with Crippen molar-refractivity contribution in [1.29, 1.82) is 0 Å². The number of halogens is 3. The van der Waals surface area contributed by atoms with Crippen LogP contribution in [0.5, 0.6) is 5.75 Å². The maximum Gasteiger partial charge on any atom is 0.511 e. The molecular formula is C21H20F3N3O5S. The van der Waals surface area contributed by atoms with Crippen molar-refractivity contribution in [2.75, 3.05) is 17.6 Å². The van der Waals surface area contributed by atoms with E-state index in [0.29, 0.717) is 30.1 Å². The number of carboxylic acid groups (broad SMARTS) is 1. The average molecular weight is 483 g/mol. The molecule has 0 aliphatic carbocycles. The largest absolute Gasteiger partial charge is 0.511 e. The number of ether oxygens (including phenoxy) is 1. The Kier molecular flexibility index (Phi) is 7.82. The summed E-state index contributed by atoms with van der Waals surface area (Å²) in [6, 6.07) is 5.91. The molecule has 2 aromatic carbocycles. The molecule has 1 saturated heterocycles. The molecule has 8 nitrogen and oxygen atoms in total. The Bertz CT molecular complexity index is 1050. The maximum atomic E-state index is 13.8. The van der Waals surface area contributed by atoms with Crippen molar-refractivity contribution < 1.29 is 37.4 Å². The van der Waals surface area contributed by atoms with Crippen LogP contribution >= 0.6 is 11.8 Å². The van der Waals surface area contributed by atoms with Crippen molar-refractivity contribution in [3.63, 3.8) is 0 Å². The fraction of sp³-hybridized carbons (Fsp3) is 0.286. The van der Waals surface area contributed by atoms with E-state index in [1.54, 1.807) is 0 Å². The predicted octanol–water partition coefficient (Wildman–Crippen LogP) is 2.96. The molecule has 0 spiro atoms. The molecule has 2 amide bonds. The number of carbonyl (C=O) groups is 3.